The average Bonchev–Trinajstić information content (AvgIpc) is 2.54. The van der Waals surface area contributed by atoms with Gasteiger partial charge in [-0.2, -0.15) is 11.8 Å². The van der Waals surface area contributed by atoms with E-state index in [1.165, 1.54) is 0 Å². The minimum Gasteiger partial charge on any atom is -0.271 e. The lowest BCUT2D eigenvalue weighted by Crippen LogP contribution is -2.30. The highest BCUT2D eigenvalue weighted by Gasteiger charge is 2.12. The Labute approximate surface area is 82.0 Å². The first-order valence-electron chi connectivity index (χ1n) is 4.09. The second-order valence-corrected chi connectivity index (χ2v) is 3.77. The maximum absolute atomic E-state index is 5.45. The van der Waals surface area contributed by atoms with Crippen LogP contribution >= 0.6 is 11.8 Å². The molecule has 5 nitrogen and oxygen atoms in total. The van der Waals surface area contributed by atoms with E-state index < -0.39 is 0 Å². The molecule has 1 atom stereocenters. The monoisotopic (exact) mass is 201 g/mol. The van der Waals surface area contributed by atoms with Gasteiger partial charge in [-0.05, 0) is 18.4 Å². The van der Waals surface area contributed by atoms with Crippen molar-refractivity contribution in [2.45, 2.75) is 12.5 Å². The van der Waals surface area contributed by atoms with Crippen molar-refractivity contribution in [3.8, 4) is 0 Å². The van der Waals surface area contributed by atoms with Crippen LogP contribution in [0.4, 0.5) is 0 Å². The van der Waals surface area contributed by atoms with Crippen LogP contribution in [-0.2, 0) is 7.05 Å². The zero-order valence-corrected chi connectivity index (χ0v) is 8.71. The summed E-state index contributed by atoms with van der Waals surface area (Å²) in [4.78, 5) is 0. The van der Waals surface area contributed by atoms with Crippen molar-refractivity contribution >= 4 is 11.8 Å². The van der Waals surface area contributed by atoms with E-state index in [9.17, 15) is 0 Å². The molecular formula is C7H15N5S. The minimum absolute atomic E-state index is 0.146. The van der Waals surface area contributed by atoms with Gasteiger partial charge in [0.1, 0.15) is 0 Å². The molecule has 6 heteroatoms. The molecular weight excluding hydrogens is 186 g/mol. The molecule has 0 fully saturated rings. The first-order chi connectivity index (χ1) is 6.29. The van der Waals surface area contributed by atoms with Crippen molar-refractivity contribution in [3.63, 3.8) is 0 Å². The third kappa shape index (κ3) is 2.68. The molecule has 0 amide bonds. The van der Waals surface area contributed by atoms with Gasteiger partial charge in [-0.1, -0.05) is 5.21 Å². The van der Waals surface area contributed by atoms with Crippen molar-refractivity contribution < 1.29 is 0 Å². The van der Waals surface area contributed by atoms with Gasteiger partial charge in [0, 0.05) is 7.05 Å². The molecule has 0 saturated heterocycles. The molecule has 1 unspecified atom stereocenters. The number of rotatable bonds is 5. The molecule has 0 aromatic carbocycles. The molecule has 0 spiro atoms. The Bertz CT molecular complexity index is 249. The summed E-state index contributed by atoms with van der Waals surface area (Å²) in [5.41, 5.74) is 3.79. The van der Waals surface area contributed by atoms with Crippen LogP contribution in [0.3, 0.4) is 0 Å². The van der Waals surface area contributed by atoms with E-state index in [0.717, 1.165) is 17.9 Å². The SMILES string of the molecule is CSCCC(NN)c1cnnn1C. The lowest BCUT2D eigenvalue weighted by atomic mass is 10.2. The zero-order valence-electron chi connectivity index (χ0n) is 7.90. The van der Waals surface area contributed by atoms with Crippen LogP contribution in [0, 0.1) is 0 Å². The molecule has 1 aromatic heterocycles. The van der Waals surface area contributed by atoms with Crippen molar-refractivity contribution in [3.05, 3.63) is 11.9 Å². The number of hydrogen-bond acceptors (Lipinski definition) is 5. The van der Waals surface area contributed by atoms with Gasteiger partial charge in [-0.3, -0.25) is 16.0 Å². The van der Waals surface area contributed by atoms with E-state index in [2.05, 4.69) is 22.0 Å². The summed E-state index contributed by atoms with van der Waals surface area (Å²) < 4.78 is 1.74. The van der Waals surface area contributed by atoms with Crippen molar-refractivity contribution in [1.29, 1.82) is 0 Å². The Morgan fingerprint density at radius 1 is 1.77 bits per heavy atom. The van der Waals surface area contributed by atoms with Crippen LogP contribution in [0.15, 0.2) is 6.20 Å². The predicted octanol–water partition coefficient (Wildman–Crippen LogP) is 0.0726. The standard InChI is InChI=1S/C7H15N5S/c1-12-7(5-9-11-12)6(10-8)3-4-13-2/h5-6,10H,3-4,8H2,1-2H3. The molecule has 3 N–H and O–H groups in total. The highest BCUT2D eigenvalue weighted by molar-refractivity contribution is 7.98. The number of nitrogens with two attached hydrogens (primary N) is 1. The first-order valence-corrected chi connectivity index (χ1v) is 5.48. The number of hydrazine groups is 1. The molecule has 0 radical (unpaired) electrons. The van der Waals surface area contributed by atoms with Gasteiger partial charge in [-0.25, -0.2) is 0 Å². The maximum atomic E-state index is 5.45. The Kier molecular flexibility index (Phi) is 4.20. The smallest absolute Gasteiger partial charge is 0.0767 e. The van der Waals surface area contributed by atoms with E-state index in [4.69, 9.17) is 5.84 Å². The van der Waals surface area contributed by atoms with E-state index in [1.54, 1.807) is 22.6 Å². The summed E-state index contributed by atoms with van der Waals surface area (Å²) in [6.45, 7) is 0. The maximum Gasteiger partial charge on any atom is 0.0767 e. The number of aryl methyl sites for hydroxylation is 1. The molecule has 0 aliphatic rings. The zero-order chi connectivity index (χ0) is 9.68. The Morgan fingerprint density at radius 3 is 3.00 bits per heavy atom. The van der Waals surface area contributed by atoms with Gasteiger partial charge in [0.25, 0.3) is 0 Å². The highest BCUT2D eigenvalue weighted by atomic mass is 32.2. The van der Waals surface area contributed by atoms with Crippen LogP contribution in [0.1, 0.15) is 18.2 Å². The topological polar surface area (TPSA) is 68.8 Å². The largest absolute Gasteiger partial charge is 0.271 e. The molecule has 1 rings (SSSR count). The van der Waals surface area contributed by atoms with E-state index in [0.29, 0.717) is 0 Å². The van der Waals surface area contributed by atoms with Gasteiger partial charge < -0.3 is 0 Å². The summed E-state index contributed by atoms with van der Waals surface area (Å²) in [5, 5.41) is 7.67. The van der Waals surface area contributed by atoms with E-state index >= 15 is 0 Å². The molecule has 1 heterocycles. The van der Waals surface area contributed by atoms with Gasteiger partial charge in [0.2, 0.25) is 0 Å². The lowest BCUT2D eigenvalue weighted by molar-refractivity contribution is 0.500. The quantitative estimate of drug-likeness (QED) is 0.521. The summed E-state index contributed by atoms with van der Waals surface area (Å²) in [6.07, 6.45) is 4.80. The molecule has 0 aliphatic carbocycles. The number of nitrogens with zero attached hydrogens (tertiary/aromatic N) is 3. The minimum atomic E-state index is 0.146. The number of thioether (sulfide) groups is 1. The summed E-state index contributed by atoms with van der Waals surface area (Å²) in [6, 6.07) is 0.146. The Hall–Kier alpha value is -0.590. The molecule has 1 aromatic rings. The third-order valence-corrected chi connectivity index (χ3v) is 2.56. The molecule has 0 saturated carbocycles. The first kappa shape index (κ1) is 10.5. The number of hydrogen-bond donors (Lipinski definition) is 2. The predicted molar refractivity (Wildman–Crippen MR) is 54.1 cm³/mol. The van der Waals surface area contributed by atoms with E-state index in [-0.39, 0.29) is 6.04 Å². The fourth-order valence-electron chi connectivity index (χ4n) is 1.17. The van der Waals surface area contributed by atoms with Crippen molar-refractivity contribution in [2.75, 3.05) is 12.0 Å². The fraction of sp³-hybridized carbons (Fsp3) is 0.714. The third-order valence-electron chi connectivity index (χ3n) is 1.92. The van der Waals surface area contributed by atoms with Crippen LogP contribution in [-0.4, -0.2) is 27.0 Å². The van der Waals surface area contributed by atoms with Crippen LogP contribution < -0.4 is 11.3 Å². The molecule has 74 valence electrons. The van der Waals surface area contributed by atoms with Gasteiger partial charge in [-0.15, -0.1) is 5.10 Å². The Balaban J connectivity index is 2.61. The van der Waals surface area contributed by atoms with Crippen LogP contribution in [0.5, 0.6) is 0 Å². The summed E-state index contributed by atoms with van der Waals surface area (Å²) in [7, 11) is 1.87. The molecule has 0 aliphatic heterocycles. The highest BCUT2D eigenvalue weighted by Crippen LogP contribution is 2.15. The Morgan fingerprint density at radius 2 is 2.54 bits per heavy atom. The normalized spacial score (nSPS) is 13.2. The van der Waals surface area contributed by atoms with Crippen LogP contribution in [0.2, 0.25) is 0 Å². The lowest BCUT2D eigenvalue weighted by Gasteiger charge is -2.14. The fourth-order valence-corrected chi connectivity index (χ4v) is 1.64. The molecule has 0 bridgehead atoms. The van der Waals surface area contributed by atoms with Gasteiger partial charge >= 0.3 is 0 Å². The van der Waals surface area contributed by atoms with Crippen molar-refractivity contribution in [2.24, 2.45) is 12.9 Å². The van der Waals surface area contributed by atoms with Crippen LogP contribution in [0.25, 0.3) is 0 Å². The number of nitrogens with one attached hydrogen (secondary N) is 1. The average molecular weight is 201 g/mol. The van der Waals surface area contributed by atoms with Gasteiger partial charge in [0.15, 0.2) is 0 Å². The summed E-state index contributed by atoms with van der Waals surface area (Å²) in [5.74, 6) is 6.51. The molecule has 13 heavy (non-hydrogen) atoms. The number of aromatic nitrogens is 3. The summed E-state index contributed by atoms with van der Waals surface area (Å²) >= 11 is 1.80. The second-order valence-electron chi connectivity index (χ2n) is 2.78. The van der Waals surface area contributed by atoms with Crippen molar-refractivity contribution in [1.82, 2.24) is 20.4 Å². The van der Waals surface area contributed by atoms with E-state index in [1.807, 2.05) is 7.05 Å². The second kappa shape index (κ2) is 5.21. The van der Waals surface area contributed by atoms with Gasteiger partial charge in [0.05, 0.1) is 17.9 Å².